The summed E-state index contributed by atoms with van der Waals surface area (Å²) in [5.74, 6) is -1.10. The lowest BCUT2D eigenvalue weighted by atomic mass is 10.0. The molecule has 4 heteroatoms. The highest BCUT2D eigenvalue weighted by Gasteiger charge is 2.14. The third-order valence-corrected chi connectivity index (χ3v) is 4.17. The summed E-state index contributed by atoms with van der Waals surface area (Å²) in [5.41, 5.74) is 2.10. The number of carboxylic acid groups (broad SMARTS) is 1. The van der Waals surface area contributed by atoms with Gasteiger partial charge in [0, 0.05) is 10.8 Å². The fourth-order valence-corrected chi connectivity index (χ4v) is 2.93. The topological polar surface area (TPSA) is 40.1 Å². The zero-order valence-corrected chi connectivity index (χ0v) is 11.7. The van der Waals surface area contributed by atoms with Crippen LogP contribution in [0, 0.1) is 0 Å². The Bertz CT molecular complexity index is 540. The van der Waals surface area contributed by atoms with E-state index in [9.17, 15) is 9.90 Å². The highest BCUT2D eigenvalue weighted by atomic mass is 35.5. The Morgan fingerprint density at radius 2 is 1.63 bits per heavy atom. The number of benzene rings is 2. The average molecular weight is 292 g/mol. The van der Waals surface area contributed by atoms with Crippen LogP contribution in [0.5, 0.6) is 0 Å². The molecule has 19 heavy (non-hydrogen) atoms. The molecule has 0 unspecified atom stereocenters. The third kappa shape index (κ3) is 4.01. The van der Waals surface area contributed by atoms with Crippen LogP contribution in [0.3, 0.4) is 0 Å². The van der Waals surface area contributed by atoms with Crippen molar-refractivity contribution >= 4 is 29.3 Å². The van der Waals surface area contributed by atoms with Crippen LogP contribution in [0.25, 0.3) is 0 Å². The highest BCUT2D eigenvalue weighted by molar-refractivity contribution is 8.00. The SMILES string of the molecule is O=C([O-])CS[C@H](c1ccccc1)c1ccc(Cl)cc1. The van der Waals surface area contributed by atoms with Crippen molar-refractivity contribution in [2.24, 2.45) is 0 Å². The van der Waals surface area contributed by atoms with Crippen LogP contribution in [0.15, 0.2) is 54.6 Å². The summed E-state index contributed by atoms with van der Waals surface area (Å²) in [6.45, 7) is 0. The molecule has 0 radical (unpaired) electrons. The van der Waals surface area contributed by atoms with Crippen molar-refractivity contribution in [3.05, 3.63) is 70.7 Å². The fourth-order valence-electron chi connectivity index (χ4n) is 1.80. The van der Waals surface area contributed by atoms with E-state index in [0.29, 0.717) is 5.02 Å². The maximum Gasteiger partial charge on any atom is 0.0550 e. The van der Waals surface area contributed by atoms with Gasteiger partial charge in [-0.25, -0.2) is 0 Å². The molecule has 0 amide bonds. The van der Waals surface area contributed by atoms with Crippen molar-refractivity contribution in [1.29, 1.82) is 0 Å². The molecule has 2 nitrogen and oxygen atoms in total. The van der Waals surface area contributed by atoms with Crippen LogP contribution in [-0.4, -0.2) is 11.7 Å². The van der Waals surface area contributed by atoms with Crippen LogP contribution in [-0.2, 0) is 4.79 Å². The van der Waals surface area contributed by atoms with Crippen molar-refractivity contribution < 1.29 is 9.90 Å². The lowest BCUT2D eigenvalue weighted by molar-refractivity contribution is -0.301. The highest BCUT2D eigenvalue weighted by Crippen LogP contribution is 2.35. The normalized spacial score (nSPS) is 12.1. The predicted octanol–water partition coefficient (Wildman–Crippen LogP) is 2.91. The number of carboxylic acids is 1. The van der Waals surface area contributed by atoms with E-state index in [2.05, 4.69) is 0 Å². The van der Waals surface area contributed by atoms with Crippen LogP contribution in [0.1, 0.15) is 16.4 Å². The first-order chi connectivity index (χ1) is 9.16. The van der Waals surface area contributed by atoms with E-state index >= 15 is 0 Å². The number of hydrogen-bond acceptors (Lipinski definition) is 3. The Kier molecular flexibility index (Phi) is 4.88. The molecule has 0 saturated heterocycles. The van der Waals surface area contributed by atoms with Gasteiger partial charge in [-0.2, -0.15) is 0 Å². The summed E-state index contributed by atoms with van der Waals surface area (Å²) in [6.07, 6.45) is 0. The second-order valence-electron chi connectivity index (χ2n) is 4.03. The zero-order valence-electron chi connectivity index (χ0n) is 10.1. The lowest BCUT2D eigenvalue weighted by Crippen LogP contribution is -2.24. The van der Waals surface area contributed by atoms with E-state index in [0.717, 1.165) is 11.1 Å². The number of carbonyl (C=O) groups is 1. The Hall–Kier alpha value is -1.45. The molecule has 0 spiro atoms. The van der Waals surface area contributed by atoms with Crippen LogP contribution < -0.4 is 5.11 Å². The minimum atomic E-state index is -1.06. The summed E-state index contributed by atoms with van der Waals surface area (Å²) < 4.78 is 0. The molecule has 2 rings (SSSR count). The smallest absolute Gasteiger partial charge is 0.0550 e. The summed E-state index contributed by atoms with van der Waals surface area (Å²) in [6, 6.07) is 17.3. The van der Waals surface area contributed by atoms with Crippen LogP contribution >= 0.6 is 23.4 Å². The molecular weight excluding hydrogens is 280 g/mol. The average Bonchev–Trinajstić information content (AvgIpc) is 2.42. The largest absolute Gasteiger partial charge is 0.549 e. The molecule has 2 aromatic rings. The minimum Gasteiger partial charge on any atom is -0.549 e. The molecule has 98 valence electrons. The van der Waals surface area contributed by atoms with Gasteiger partial charge in [-0.05, 0) is 23.3 Å². The monoisotopic (exact) mass is 291 g/mol. The van der Waals surface area contributed by atoms with Crippen molar-refractivity contribution in [2.45, 2.75) is 5.25 Å². The molecule has 0 aliphatic heterocycles. The Morgan fingerprint density at radius 1 is 1.05 bits per heavy atom. The van der Waals surface area contributed by atoms with E-state index in [4.69, 9.17) is 11.6 Å². The van der Waals surface area contributed by atoms with E-state index in [-0.39, 0.29) is 11.0 Å². The van der Waals surface area contributed by atoms with Gasteiger partial charge in [0.1, 0.15) is 0 Å². The standard InChI is InChI=1S/C15H13ClO2S/c16-13-8-6-12(7-9-13)15(19-10-14(17)18)11-4-2-1-3-5-11/h1-9,15H,10H2,(H,17,18)/p-1/t15-/m1/s1. The van der Waals surface area contributed by atoms with Gasteiger partial charge in [0.25, 0.3) is 0 Å². The van der Waals surface area contributed by atoms with E-state index < -0.39 is 5.97 Å². The summed E-state index contributed by atoms with van der Waals surface area (Å²) >= 11 is 7.22. The van der Waals surface area contributed by atoms with Gasteiger partial charge >= 0.3 is 0 Å². The molecule has 0 aliphatic rings. The van der Waals surface area contributed by atoms with Gasteiger partial charge in [-0.3, -0.25) is 0 Å². The van der Waals surface area contributed by atoms with Crippen LogP contribution in [0.4, 0.5) is 0 Å². The quantitative estimate of drug-likeness (QED) is 0.850. The lowest BCUT2D eigenvalue weighted by Gasteiger charge is -2.18. The van der Waals surface area contributed by atoms with E-state index in [1.54, 1.807) is 0 Å². The van der Waals surface area contributed by atoms with Gasteiger partial charge in [0.05, 0.1) is 11.2 Å². The molecule has 0 N–H and O–H groups in total. The van der Waals surface area contributed by atoms with Crippen molar-refractivity contribution in [3.63, 3.8) is 0 Å². The second kappa shape index (κ2) is 6.64. The van der Waals surface area contributed by atoms with Gasteiger partial charge in [-0.1, -0.05) is 54.1 Å². The molecule has 2 aromatic carbocycles. The minimum absolute atomic E-state index is 0.0311. The Labute approximate surface area is 121 Å². The van der Waals surface area contributed by atoms with Gasteiger partial charge in [0.15, 0.2) is 0 Å². The predicted molar refractivity (Wildman–Crippen MR) is 77.2 cm³/mol. The Balaban J connectivity index is 2.28. The maximum atomic E-state index is 10.7. The number of carbonyl (C=O) groups excluding carboxylic acids is 1. The van der Waals surface area contributed by atoms with Gasteiger partial charge in [0.2, 0.25) is 0 Å². The first kappa shape index (κ1) is 14.0. The molecular formula is C15H12ClO2S-. The number of halogens is 1. The Morgan fingerprint density at radius 3 is 2.21 bits per heavy atom. The molecule has 0 heterocycles. The molecule has 0 saturated carbocycles. The number of aliphatic carboxylic acids is 1. The van der Waals surface area contributed by atoms with Crippen LogP contribution in [0.2, 0.25) is 5.02 Å². The second-order valence-corrected chi connectivity index (χ2v) is 5.56. The fraction of sp³-hybridized carbons (Fsp3) is 0.133. The molecule has 0 fully saturated rings. The van der Waals surface area contributed by atoms with E-state index in [1.165, 1.54) is 11.8 Å². The molecule has 0 bridgehead atoms. The maximum absolute atomic E-state index is 10.7. The summed E-state index contributed by atoms with van der Waals surface area (Å²) in [7, 11) is 0. The third-order valence-electron chi connectivity index (χ3n) is 2.64. The van der Waals surface area contributed by atoms with Gasteiger partial charge in [-0.15, -0.1) is 11.8 Å². The number of hydrogen-bond donors (Lipinski definition) is 0. The first-order valence-electron chi connectivity index (χ1n) is 5.78. The molecule has 0 aliphatic carbocycles. The van der Waals surface area contributed by atoms with Gasteiger partial charge < -0.3 is 9.90 Å². The summed E-state index contributed by atoms with van der Waals surface area (Å²) in [5, 5.41) is 11.3. The number of rotatable bonds is 5. The summed E-state index contributed by atoms with van der Waals surface area (Å²) in [4.78, 5) is 10.7. The van der Waals surface area contributed by atoms with Crippen molar-refractivity contribution in [3.8, 4) is 0 Å². The van der Waals surface area contributed by atoms with Crippen molar-refractivity contribution in [2.75, 3.05) is 5.75 Å². The van der Waals surface area contributed by atoms with E-state index in [1.807, 2.05) is 54.6 Å². The first-order valence-corrected chi connectivity index (χ1v) is 7.21. The number of thioether (sulfide) groups is 1. The molecule has 0 aromatic heterocycles. The van der Waals surface area contributed by atoms with Crippen molar-refractivity contribution in [1.82, 2.24) is 0 Å². The zero-order chi connectivity index (χ0) is 13.7. The molecule has 1 atom stereocenters.